The average Bonchev–Trinajstić information content (AvgIpc) is 2.76. The SMILES string of the molecule is CCCCCCCCCCCCOP(=S)(CCO)SCCCCCCCCCCCC. The van der Waals surface area contributed by atoms with Crippen molar-refractivity contribution in [1.29, 1.82) is 0 Å². The molecular formula is C26H55O2PS2. The highest BCUT2D eigenvalue weighted by Crippen LogP contribution is 2.59. The molecule has 1 atom stereocenters. The van der Waals surface area contributed by atoms with Crippen molar-refractivity contribution in [3.63, 3.8) is 0 Å². The Morgan fingerprint density at radius 2 is 1.00 bits per heavy atom. The summed E-state index contributed by atoms with van der Waals surface area (Å²) >= 11 is 7.68. The Bertz CT molecular complexity index is 364. The van der Waals surface area contributed by atoms with E-state index in [1.54, 1.807) is 0 Å². The number of aliphatic hydroxyl groups excluding tert-OH is 1. The molecule has 1 N–H and O–H groups in total. The number of hydrogen-bond donors (Lipinski definition) is 1. The molecule has 5 heteroatoms. The number of unbranched alkanes of at least 4 members (excludes halogenated alkanes) is 18. The van der Waals surface area contributed by atoms with Crippen LogP contribution in [0.15, 0.2) is 0 Å². The van der Waals surface area contributed by atoms with Crippen molar-refractivity contribution in [1.82, 2.24) is 0 Å². The maximum absolute atomic E-state index is 9.42. The van der Waals surface area contributed by atoms with E-state index in [1.807, 2.05) is 11.4 Å². The van der Waals surface area contributed by atoms with Crippen LogP contribution in [0.25, 0.3) is 0 Å². The topological polar surface area (TPSA) is 29.5 Å². The van der Waals surface area contributed by atoms with Gasteiger partial charge in [0.25, 0.3) is 0 Å². The molecular weight excluding hydrogens is 439 g/mol. The molecule has 0 aliphatic rings. The normalized spacial score (nSPS) is 13.5. The van der Waals surface area contributed by atoms with Crippen molar-refractivity contribution in [3.05, 3.63) is 0 Å². The van der Waals surface area contributed by atoms with Gasteiger partial charge in [0.2, 0.25) is 0 Å². The highest BCUT2D eigenvalue weighted by Gasteiger charge is 2.17. The van der Waals surface area contributed by atoms with Gasteiger partial charge in [-0.2, -0.15) is 0 Å². The van der Waals surface area contributed by atoms with Crippen molar-refractivity contribution < 1.29 is 9.63 Å². The van der Waals surface area contributed by atoms with E-state index in [1.165, 1.54) is 122 Å². The molecule has 0 aliphatic carbocycles. The maximum atomic E-state index is 9.42. The van der Waals surface area contributed by atoms with Crippen molar-refractivity contribution in [3.8, 4) is 0 Å². The third kappa shape index (κ3) is 23.9. The first-order valence-electron chi connectivity index (χ1n) is 13.7. The summed E-state index contributed by atoms with van der Waals surface area (Å²) in [6.45, 7) is 5.51. The quantitative estimate of drug-likeness (QED) is 0.0956. The molecule has 0 saturated carbocycles. The molecule has 0 saturated heterocycles. The molecule has 1 unspecified atom stereocenters. The van der Waals surface area contributed by atoms with Crippen LogP contribution in [-0.2, 0) is 16.3 Å². The smallest absolute Gasteiger partial charge is 0.121 e. The summed E-state index contributed by atoms with van der Waals surface area (Å²) < 4.78 is 6.16. The van der Waals surface area contributed by atoms with Crippen molar-refractivity contribution >= 4 is 28.7 Å². The van der Waals surface area contributed by atoms with Crippen LogP contribution in [0.3, 0.4) is 0 Å². The zero-order valence-corrected chi connectivity index (χ0v) is 23.6. The first-order valence-corrected chi connectivity index (χ1v) is 18.2. The molecule has 0 aromatic heterocycles. The zero-order chi connectivity index (χ0) is 22.9. The van der Waals surface area contributed by atoms with Crippen molar-refractivity contribution in [2.75, 3.05) is 25.1 Å². The van der Waals surface area contributed by atoms with Crippen LogP contribution >= 0.6 is 16.8 Å². The molecule has 0 amide bonds. The zero-order valence-electron chi connectivity index (χ0n) is 21.1. The lowest BCUT2D eigenvalue weighted by Gasteiger charge is -2.21. The lowest BCUT2D eigenvalue weighted by atomic mass is 10.1. The van der Waals surface area contributed by atoms with Gasteiger partial charge in [-0.05, 0) is 12.8 Å². The molecule has 188 valence electrons. The summed E-state index contributed by atoms with van der Waals surface area (Å²) in [5.74, 6) is 1.10. The molecule has 0 heterocycles. The largest absolute Gasteiger partial charge is 0.396 e. The Balaban J connectivity index is 3.59. The van der Waals surface area contributed by atoms with Crippen molar-refractivity contribution in [2.24, 2.45) is 0 Å². The fraction of sp³-hybridized carbons (Fsp3) is 1.00. The summed E-state index contributed by atoms with van der Waals surface area (Å²) in [4.78, 5) is 0. The summed E-state index contributed by atoms with van der Waals surface area (Å²) in [7, 11) is 0. The molecule has 0 bridgehead atoms. The van der Waals surface area contributed by atoms with Crippen LogP contribution in [-0.4, -0.2) is 30.2 Å². The minimum atomic E-state index is -1.87. The molecule has 0 aromatic carbocycles. The van der Waals surface area contributed by atoms with E-state index in [9.17, 15) is 5.11 Å². The Kier molecular flexibility index (Phi) is 26.3. The second kappa shape index (κ2) is 25.5. The second-order valence-electron chi connectivity index (χ2n) is 9.09. The monoisotopic (exact) mass is 494 g/mol. The highest BCUT2D eigenvalue weighted by atomic mass is 32.9. The van der Waals surface area contributed by atoms with Gasteiger partial charge in [0.1, 0.15) is 5.47 Å². The number of aliphatic hydroxyl groups is 1. The van der Waals surface area contributed by atoms with Crippen molar-refractivity contribution in [2.45, 2.75) is 142 Å². The lowest BCUT2D eigenvalue weighted by molar-refractivity contribution is 0.306. The molecule has 0 radical (unpaired) electrons. The summed E-state index contributed by atoms with van der Waals surface area (Å²) in [5.41, 5.74) is -1.87. The minimum absolute atomic E-state index is 0.167. The van der Waals surface area contributed by atoms with Crippen LogP contribution in [0.2, 0.25) is 0 Å². The van der Waals surface area contributed by atoms with Crippen LogP contribution in [0, 0.1) is 0 Å². The summed E-state index contributed by atoms with van der Waals surface area (Å²) in [6.07, 6.45) is 27.8. The van der Waals surface area contributed by atoms with Gasteiger partial charge in [-0.1, -0.05) is 153 Å². The molecule has 0 fully saturated rings. The van der Waals surface area contributed by atoms with Crippen LogP contribution in [0.1, 0.15) is 142 Å². The van der Waals surface area contributed by atoms with Gasteiger partial charge < -0.3 is 9.63 Å². The van der Waals surface area contributed by atoms with Gasteiger partial charge >= 0.3 is 0 Å². The standard InChI is InChI=1S/C26H55O2PS2/c1-3-5-7-9-11-13-15-17-19-21-24-28-29(30,25-23-27)31-26-22-20-18-16-14-12-10-8-6-4-2/h27H,3-26H2,1-2H3. The molecule has 31 heavy (non-hydrogen) atoms. The number of hydrogen-bond acceptors (Lipinski definition) is 4. The van der Waals surface area contributed by atoms with E-state index in [4.69, 9.17) is 16.3 Å². The molecule has 0 aliphatic heterocycles. The van der Waals surface area contributed by atoms with Gasteiger partial charge in [-0.3, -0.25) is 0 Å². The van der Waals surface area contributed by atoms with E-state index in [-0.39, 0.29) is 6.61 Å². The minimum Gasteiger partial charge on any atom is -0.396 e. The third-order valence-electron chi connectivity index (χ3n) is 5.95. The predicted octanol–water partition coefficient (Wildman–Crippen LogP) is 9.88. The predicted molar refractivity (Wildman–Crippen MR) is 148 cm³/mol. The second-order valence-corrected chi connectivity index (χ2v) is 16.7. The lowest BCUT2D eigenvalue weighted by Crippen LogP contribution is -1.99. The van der Waals surface area contributed by atoms with Gasteiger partial charge in [0, 0.05) is 11.9 Å². The fourth-order valence-corrected chi connectivity index (χ4v) is 8.91. The van der Waals surface area contributed by atoms with Gasteiger partial charge in [-0.25, -0.2) is 0 Å². The summed E-state index contributed by atoms with van der Waals surface area (Å²) in [6, 6.07) is 0. The molecule has 0 spiro atoms. The first-order chi connectivity index (χ1) is 15.2. The average molecular weight is 495 g/mol. The van der Waals surface area contributed by atoms with Crippen LogP contribution < -0.4 is 0 Å². The van der Waals surface area contributed by atoms with E-state index >= 15 is 0 Å². The number of rotatable bonds is 26. The van der Waals surface area contributed by atoms with E-state index < -0.39 is 5.47 Å². The van der Waals surface area contributed by atoms with Gasteiger partial charge in [-0.15, -0.1) is 0 Å². The van der Waals surface area contributed by atoms with E-state index in [0.29, 0.717) is 6.16 Å². The Morgan fingerprint density at radius 3 is 1.42 bits per heavy atom. The molecule has 0 aromatic rings. The summed E-state index contributed by atoms with van der Waals surface area (Å²) in [5, 5.41) is 9.42. The highest BCUT2D eigenvalue weighted by molar-refractivity contribution is 8.69. The molecule has 0 rings (SSSR count). The maximum Gasteiger partial charge on any atom is 0.121 e. The van der Waals surface area contributed by atoms with E-state index in [2.05, 4.69) is 13.8 Å². The molecule has 2 nitrogen and oxygen atoms in total. The fourth-order valence-electron chi connectivity index (χ4n) is 3.88. The third-order valence-corrected chi connectivity index (χ3v) is 12.5. The Labute approximate surface area is 205 Å². The Hall–Kier alpha value is 0.920. The van der Waals surface area contributed by atoms with Gasteiger partial charge in [0.05, 0.1) is 13.2 Å². The first kappa shape index (κ1) is 31.9. The Morgan fingerprint density at radius 1 is 0.613 bits per heavy atom. The van der Waals surface area contributed by atoms with E-state index in [0.717, 1.165) is 18.8 Å². The van der Waals surface area contributed by atoms with Crippen LogP contribution in [0.5, 0.6) is 0 Å². The van der Waals surface area contributed by atoms with Gasteiger partial charge in [0.15, 0.2) is 0 Å². The van der Waals surface area contributed by atoms with Crippen LogP contribution in [0.4, 0.5) is 0 Å².